The zero-order valence-corrected chi connectivity index (χ0v) is 16.9. The maximum atomic E-state index is 13.1. The Hall–Kier alpha value is -3.41. The summed E-state index contributed by atoms with van der Waals surface area (Å²) in [6, 6.07) is 18.1. The van der Waals surface area contributed by atoms with Gasteiger partial charge in [0.1, 0.15) is 11.5 Å². The first kappa shape index (κ1) is 18.6. The normalized spacial score (nSPS) is 16.3. The molecule has 1 fully saturated rings. The van der Waals surface area contributed by atoms with Crippen molar-refractivity contribution in [2.45, 2.75) is 12.8 Å². The van der Waals surface area contributed by atoms with Crippen LogP contribution in [0, 0.1) is 0 Å². The summed E-state index contributed by atoms with van der Waals surface area (Å²) in [5.41, 5.74) is 3.82. The number of hydrogen-bond donors (Lipinski definition) is 0. The van der Waals surface area contributed by atoms with Gasteiger partial charge in [0.05, 0.1) is 11.9 Å². The number of pyridine rings is 2. The molecular formula is C24H25N5O. The van der Waals surface area contributed by atoms with Crippen LogP contribution in [0.25, 0.3) is 0 Å². The Bertz CT molecular complexity index is 1010. The molecule has 1 amide bonds. The molecule has 0 bridgehead atoms. The minimum Gasteiger partial charge on any atom is -0.367 e. The summed E-state index contributed by atoms with van der Waals surface area (Å²) in [7, 11) is 0. The number of carbonyl (C=O) groups excluding carboxylic acids is 1. The molecule has 4 heterocycles. The maximum absolute atomic E-state index is 13.1. The Balaban J connectivity index is 1.26. The van der Waals surface area contributed by atoms with Crippen LogP contribution in [0.1, 0.15) is 22.5 Å². The lowest BCUT2D eigenvalue weighted by Crippen LogP contribution is -2.46. The topological polar surface area (TPSA) is 52.6 Å². The first-order chi connectivity index (χ1) is 14.8. The molecule has 0 atom stereocenters. The molecule has 2 aromatic heterocycles. The highest BCUT2D eigenvalue weighted by atomic mass is 16.2. The molecule has 0 unspecified atom stereocenters. The number of benzene rings is 1. The number of para-hydroxylation sites is 1. The van der Waals surface area contributed by atoms with Gasteiger partial charge < -0.3 is 14.7 Å². The summed E-state index contributed by atoms with van der Waals surface area (Å²) < 4.78 is 0. The van der Waals surface area contributed by atoms with E-state index in [2.05, 4.69) is 31.9 Å². The third kappa shape index (κ3) is 3.61. The van der Waals surface area contributed by atoms with E-state index >= 15 is 0 Å². The molecule has 152 valence electrons. The van der Waals surface area contributed by atoms with Gasteiger partial charge in [0.25, 0.3) is 5.91 Å². The molecule has 0 spiro atoms. The second-order valence-corrected chi connectivity index (χ2v) is 7.75. The molecule has 0 radical (unpaired) electrons. The van der Waals surface area contributed by atoms with Gasteiger partial charge in [-0.1, -0.05) is 24.3 Å². The van der Waals surface area contributed by atoms with Gasteiger partial charge in [-0.15, -0.1) is 0 Å². The first-order valence-electron chi connectivity index (χ1n) is 10.6. The van der Waals surface area contributed by atoms with Crippen molar-refractivity contribution in [3.63, 3.8) is 0 Å². The first-order valence-corrected chi connectivity index (χ1v) is 10.6. The molecule has 2 aliphatic heterocycles. The summed E-state index contributed by atoms with van der Waals surface area (Å²) in [6.07, 6.45) is 5.68. The highest BCUT2D eigenvalue weighted by Crippen LogP contribution is 2.28. The minimum atomic E-state index is -0.0197. The fourth-order valence-corrected chi connectivity index (χ4v) is 4.32. The van der Waals surface area contributed by atoms with Crippen molar-refractivity contribution in [1.29, 1.82) is 0 Å². The Kier molecular flexibility index (Phi) is 5.05. The van der Waals surface area contributed by atoms with Crippen LogP contribution in [-0.2, 0) is 6.42 Å². The van der Waals surface area contributed by atoms with E-state index in [-0.39, 0.29) is 5.91 Å². The smallest absolute Gasteiger partial charge is 0.276 e. The van der Waals surface area contributed by atoms with E-state index in [1.807, 2.05) is 59.8 Å². The molecular weight excluding hydrogens is 374 g/mol. The van der Waals surface area contributed by atoms with Gasteiger partial charge in [0.2, 0.25) is 0 Å². The van der Waals surface area contributed by atoms with Crippen molar-refractivity contribution in [2.75, 3.05) is 47.4 Å². The Morgan fingerprint density at radius 3 is 2.37 bits per heavy atom. The molecule has 0 N–H and O–H groups in total. The predicted octanol–water partition coefficient (Wildman–Crippen LogP) is 3.40. The predicted molar refractivity (Wildman–Crippen MR) is 119 cm³/mol. The second kappa shape index (κ2) is 8.14. The third-order valence-electron chi connectivity index (χ3n) is 5.94. The van der Waals surface area contributed by atoms with Crippen molar-refractivity contribution in [2.24, 2.45) is 0 Å². The lowest BCUT2D eigenvalue weighted by molar-refractivity contribution is 0.0980. The van der Waals surface area contributed by atoms with Gasteiger partial charge >= 0.3 is 0 Å². The molecule has 1 aromatic carbocycles. The molecule has 3 aromatic rings. The number of aryl methyl sites for hydroxylation is 1. The molecule has 2 aliphatic rings. The second-order valence-electron chi connectivity index (χ2n) is 7.75. The minimum absolute atomic E-state index is 0.0197. The molecule has 5 rings (SSSR count). The van der Waals surface area contributed by atoms with Crippen molar-refractivity contribution in [3.05, 3.63) is 78.2 Å². The summed E-state index contributed by atoms with van der Waals surface area (Å²) in [6.45, 7) is 4.40. The highest BCUT2D eigenvalue weighted by Gasteiger charge is 2.24. The third-order valence-corrected chi connectivity index (χ3v) is 5.94. The van der Waals surface area contributed by atoms with E-state index in [9.17, 15) is 4.79 Å². The van der Waals surface area contributed by atoms with Gasteiger partial charge in [0, 0.05) is 44.6 Å². The Morgan fingerprint density at radius 2 is 1.60 bits per heavy atom. The number of rotatable bonds is 3. The average molecular weight is 399 g/mol. The molecule has 30 heavy (non-hydrogen) atoms. The number of anilines is 3. The van der Waals surface area contributed by atoms with Crippen LogP contribution >= 0.6 is 0 Å². The van der Waals surface area contributed by atoms with Crippen molar-refractivity contribution in [1.82, 2.24) is 9.97 Å². The number of fused-ring (bicyclic) bond motifs is 1. The van der Waals surface area contributed by atoms with Crippen LogP contribution in [0.5, 0.6) is 0 Å². The summed E-state index contributed by atoms with van der Waals surface area (Å²) in [4.78, 5) is 28.5. The lowest BCUT2D eigenvalue weighted by atomic mass is 10.0. The zero-order valence-electron chi connectivity index (χ0n) is 16.9. The Labute approximate surface area is 176 Å². The van der Waals surface area contributed by atoms with E-state index < -0.39 is 0 Å². The monoisotopic (exact) mass is 399 g/mol. The maximum Gasteiger partial charge on any atom is 0.276 e. The van der Waals surface area contributed by atoms with Gasteiger partial charge in [-0.05, 0) is 48.7 Å². The van der Waals surface area contributed by atoms with Crippen molar-refractivity contribution < 1.29 is 4.79 Å². The Morgan fingerprint density at radius 1 is 0.800 bits per heavy atom. The number of aromatic nitrogens is 2. The molecule has 6 heteroatoms. The van der Waals surface area contributed by atoms with E-state index in [1.165, 1.54) is 5.56 Å². The molecule has 0 aliphatic carbocycles. The fraction of sp³-hybridized carbons (Fsp3) is 0.292. The highest BCUT2D eigenvalue weighted by molar-refractivity contribution is 6.05. The van der Waals surface area contributed by atoms with Gasteiger partial charge in [0.15, 0.2) is 0 Å². The van der Waals surface area contributed by atoms with Crippen LogP contribution in [0.2, 0.25) is 0 Å². The largest absolute Gasteiger partial charge is 0.367 e. The van der Waals surface area contributed by atoms with Crippen molar-refractivity contribution >= 4 is 23.1 Å². The van der Waals surface area contributed by atoms with E-state index in [0.717, 1.165) is 62.8 Å². The quantitative estimate of drug-likeness (QED) is 0.676. The number of hydrogen-bond acceptors (Lipinski definition) is 5. The average Bonchev–Trinajstić information content (AvgIpc) is 2.84. The van der Waals surface area contributed by atoms with Gasteiger partial charge in [-0.2, -0.15) is 0 Å². The number of amides is 1. The van der Waals surface area contributed by atoms with Crippen LogP contribution in [0.3, 0.4) is 0 Å². The molecule has 0 saturated carbocycles. The van der Waals surface area contributed by atoms with Crippen LogP contribution in [0.15, 0.2) is 67.0 Å². The van der Waals surface area contributed by atoms with Crippen LogP contribution < -0.4 is 14.7 Å². The number of piperazine rings is 1. The van der Waals surface area contributed by atoms with E-state index in [4.69, 9.17) is 0 Å². The molecule has 1 saturated heterocycles. The van der Waals surface area contributed by atoms with Gasteiger partial charge in [-0.3, -0.25) is 4.79 Å². The summed E-state index contributed by atoms with van der Waals surface area (Å²) >= 11 is 0. The molecule has 6 nitrogen and oxygen atoms in total. The zero-order chi connectivity index (χ0) is 20.3. The number of carbonyl (C=O) groups is 1. The SMILES string of the molecule is O=C(c1ccc(N2CCN(c3ccccn3)CC2)cn1)N1CCCc2ccccc21. The standard InChI is InChI=1S/C24H25N5O/c30-24(29-13-5-7-19-6-1-2-8-22(19)29)21-11-10-20(18-26-21)27-14-16-28(17-15-27)23-9-3-4-12-25-23/h1-4,6,8-12,18H,5,7,13-17H2. The fourth-order valence-electron chi connectivity index (χ4n) is 4.32. The summed E-state index contributed by atoms with van der Waals surface area (Å²) in [5.74, 6) is 1.01. The van der Waals surface area contributed by atoms with E-state index in [0.29, 0.717) is 5.69 Å². The van der Waals surface area contributed by atoms with Crippen LogP contribution in [0.4, 0.5) is 17.2 Å². The summed E-state index contributed by atoms with van der Waals surface area (Å²) in [5, 5.41) is 0. The lowest BCUT2D eigenvalue weighted by Gasteiger charge is -2.36. The van der Waals surface area contributed by atoms with E-state index in [1.54, 1.807) is 0 Å². The number of nitrogens with zero attached hydrogens (tertiary/aromatic N) is 5. The van der Waals surface area contributed by atoms with Crippen molar-refractivity contribution in [3.8, 4) is 0 Å². The van der Waals surface area contributed by atoms with Gasteiger partial charge in [-0.25, -0.2) is 9.97 Å². The van der Waals surface area contributed by atoms with Crippen LogP contribution in [-0.4, -0.2) is 48.6 Å².